The number of hydrogen-bond donors (Lipinski definition) is 2. The second-order valence-electron chi connectivity index (χ2n) is 4.42. The summed E-state index contributed by atoms with van der Waals surface area (Å²) in [5.74, 6) is 0.601. The third kappa shape index (κ3) is 3.30. The number of nitrogens with one attached hydrogen (secondary N) is 1. The zero-order valence-electron chi connectivity index (χ0n) is 9.11. The molecule has 0 amide bonds. The van der Waals surface area contributed by atoms with E-state index in [1.165, 1.54) is 24.1 Å². The van der Waals surface area contributed by atoms with Crippen LogP contribution >= 0.6 is 11.3 Å². The largest absolute Gasteiger partial charge is 0.330 e. The van der Waals surface area contributed by atoms with Gasteiger partial charge in [-0.2, -0.15) is 0 Å². The molecule has 0 aromatic carbocycles. The van der Waals surface area contributed by atoms with Gasteiger partial charge in [0.15, 0.2) is 0 Å². The van der Waals surface area contributed by atoms with Crippen molar-refractivity contribution in [2.24, 2.45) is 11.7 Å². The second kappa shape index (κ2) is 5.64. The zero-order valence-corrected chi connectivity index (χ0v) is 9.93. The molecule has 0 aliphatic heterocycles. The summed E-state index contributed by atoms with van der Waals surface area (Å²) in [6, 6.07) is 5.10. The van der Waals surface area contributed by atoms with Crippen molar-refractivity contribution in [2.45, 2.75) is 31.7 Å². The van der Waals surface area contributed by atoms with E-state index in [1.807, 2.05) is 11.3 Å². The molecule has 0 saturated heterocycles. The first kappa shape index (κ1) is 11.1. The van der Waals surface area contributed by atoms with Gasteiger partial charge in [-0.1, -0.05) is 12.5 Å². The quantitative estimate of drug-likeness (QED) is 0.775. The summed E-state index contributed by atoms with van der Waals surface area (Å²) >= 11 is 1.84. The smallest absolute Gasteiger partial charge is 0.00672 e. The Morgan fingerprint density at radius 2 is 2.40 bits per heavy atom. The van der Waals surface area contributed by atoms with E-state index >= 15 is 0 Å². The molecular formula is C12H20N2S. The van der Waals surface area contributed by atoms with Crippen molar-refractivity contribution in [3.63, 3.8) is 0 Å². The van der Waals surface area contributed by atoms with Crippen molar-refractivity contribution in [3.8, 4) is 0 Å². The van der Waals surface area contributed by atoms with Crippen LogP contribution in [0.2, 0.25) is 0 Å². The van der Waals surface area contributed by atoms with Crippen LogP contribution in [-0.4, -0.2) is 19.1 Å². The van der Waals surface area contributed by atoms with Gasteiger partial charge >= 0.3 is 0 Å². The highest BCUT2D eigenvalue weighted by Crippen LogP contribution is 2.19. The van der Waals surface area contributed by atoms with Crippen LogP contribution < -0.4 is 11.1 Å². The van der Waals surface area contributed by atoms with Gasteiger partial charge in [-0.05, 0) is 49.7 Å². The fourth-order valence-corrected chi connectivity index (χ4v) is 2.72. The molecule has 3 heteroatoms. The lowest BCUT2D eigenvalue weighted by Crippen LogP contribution is -2.40. The normalized spacial score (nSPS) is 18.7. The molecule has 2 nitrogen and oxygen atoms in total. The van der Waals surface area contributed by atoms with Crippen molar-refractivity contribution < 1.29 is 0 Å². The lowest BCUT2D eigenvalue weighted by Gasteiger charge is -2.28. The summed E-state index contributed by atoms with van der Waals surface area (Å²) in [4.78, 5) is 1.46. The Morgan fingerprint density at radius 3 is 2.93 bits per heavy atom. The monoisotopic (exact) mass is 224 g/mol. The molecule has 3 N–H and O–H groups in total. The van der Waals surface area contributed by atoms with Gasteiger partial charge in [0.2, 0.25) is 0 Å². The van der Waals surface area contributed by atoms with Gasteiger partial charge in [-0.15, -0.1) is 11.3 Å². The summed E-state index contributed by atoms with van der Waals surface area (Å²) in [6.07, 6.45) is 5.25. The highest BCUT2D eigenvalue weighted by molar-refractivity contribution is 7.09. The second-order valence-corrected chi connectivity index (χ2v) is 5.45. The Hall–Kier alpha value is -0.380. The number of rotatable bonds is 6. The van der Waals surface area contributed by atoms with E-state index < -0.39 is 0 Å². The lowest BCUT2D eigenvalue weighted by atomic mass is 9.92. The van der Waals surface area contributed by atoms with E-state index in [0.29, 0.717) is 5.92 Å². The Labute approximate surface area is 95.9 Å². The third-order valence-corrected chi connectivity index (χ3v) is 4.10. The van der Waals surface area contributed by atoms with Crippen LogP contribution in [0.25, 0.3) is 0 Å². The molecule has 1 atom stereocenters. The molecule has 2 rings (SSSR count). The predicted octanol–water partition coefficient (Wildman–Crippen LogP) is 2.01. The Morgan fingerprint density at radius 1 is 1.53 bits per heavy atom. The van der Waals surface area contributed by atoms with Gasteiger partial charge in [-0.3, -0.25) is 0 Å². The zero-order chi connectivity index (χ0) is 10.5. The van der Waals surface area contributed by atoms with Gasteiger partial charge in [0.1, 0.15) is 0 Å². The van der Waals surface area contributed by atoms with E-state index in [1.54, 1.807) is 0 Å². The van der Waals surface area contributed by atoms with E-state index in [9.17, 15) is 0 Å². The van der Waals surface area contributed by atoms with Crippen LogP contribution in [0.15, 0.2) is 17.5 Å². The fourth-order valence-electron chi connectivity index (χ4n) is 1.90. The molecule has 1 aliphatic rings. The number of hydrogen-bond acceptors (Lipinski definition) is 3. The lowest BCUT2D eigenvalue weighted by molar-refractivity contribution is 0.317. The van der Waals surface area contributed by atoms with E-state index in [4.69, 9.17) is 5.73 Å². The summed E-state index contributed by atoms with van der Waals surface area (Å²) in [5, 5.41) is 5.75. The first-order chi connectivity index (χ1) is 7.38. The van der Waals surface area contributed by atoms with Crippen LogP contribution in [0.5, 0.6) is 0 Å². The minimum absolute atomic E-state index is 0.601. The molecule has 15 heavy (non-hydrogen) atoms. The average molecular weight is 224 g/mol. The third-order valence-electron chi connectivity index (χ3n) is 3.20. The predicted molar refractivity (Wildman–Crippen MR) is 66.2 cm³/mol. The molecule has 1 unspecified atom stereocenters. The van der Waals surface area contributed by atoms with E-state index in [-0.39, 0.29) is 0 Å². The molecule has 1 aromatic rings. The molecule has 84 valence electrons. The number of nitrogens with two attached hydrogens (primary N) is 1. The standard InChI is InChI=1S/C12H20N2S/c13-8-10(7-12-5-2-6-15-12)9-14-11-3-1-4-11/h2,5-6,10-11,14H,1,3-4,7-9,13H2. The Kier molecular flexibility index (Phi) is 4.18. The first-order valence-corrected chi connectivity index (χ1v) is 6.72. The molecule has 0 bridgehead atoms. The fraction of sp³-hybridized carbons (Fsp3) is 0.667. The summed E-state index contributed by atoms with van der Waals surface area (Å²) in [5.41, 5.74) is 5.80. The average Bonchev–Trinajstić information content (AvgIpc) is 2.66. The Balaban J connectivity index is 1.71. The van der Waals surface area contributed by atoms with Crippen LogP contribution in [0.4, 0.5) is 0 Å². The summed E-state index contributed by atoms with van der Waals surface area (Å²) in [7, 11) is 0. The van der Waals surface area contributed by atoms with Gasteiger partial charge in [-0.25, -0.2) is 0 Å². The van der Waals surface area contributed by atoms with Gasteiger partial charge < -0.3 is 11.1 Å². The first-order valence-electron chi connectivity index (χ1n) is 5.84. The minimum atomic E-state index is 0.601. The molecule has 0 radical (unpaired) electrons. The topological polar surface area (TPSA) is 38.0 Å². The molecular weight excluding hydrogens is 204 g/mol. The summed E-state index contributed by atoms with van der Waals surface area (Å²) in [6.45, 7) is 1.87. The maximum Gasteiger partial charge on any atom is 0.00672 e. The minimum Gasteiger partial charge on any atom is -0.330 e. The highest BCUT2D eigenvalue weighted by Gasteiger charge is 2.18. The molecule has 1 heterocycles. The van der Waals surface area contributed by atoms with E-state index in [0.717, 1.165) is 25.6 Å². The Bertz CT molecular complexity index is 267. The van der Waals surface area contributed by atoms with Crippen molar-refractivity contribution in [1.82, 2.24) is 5.32 Å². The molecule has 1 aromatic heterocycles. The molecule has 0 spiro atoms. The van der Waals surface area contributed by atoms with Crippen LogP contribution in [0, 0.1) is 5.92 Å². The maximum absolute atomic E-state index is 5.80. The molecule has 1 fully saturated rings. The van der Waals surface area contributed by atoms with Gasteiger partial charge in [0.05, 0.1) is 0 Å². The van der Waals surface area contributed by atoms with E-state index in [2.05, 4.69) is 22.8 Å². The van der Waals surface area contributed by atoms with Crippen molar-refractivity contribution >= 4 is 11.3 Å². The van der Waals surface area contributed by atoms with Crippen LogP contribution in [0.1, 0.15) is 24.1 Å². The molecule has 1 aliphatic carbocycles. The highest BCUT2D eigenvalue weighted by atomic mass is 32.1. The van der Waals surface area contributed by atoms with Crippen LogP contribution in [0.3, 0.4) is 0 Å². The van der Waals surface area contributed by atoms with Gasteiger partial charge in [0, 0.05) is 10.9 Å². The van der Waals surface area contributed by atoms with Gasteiger partial charge in [0.25, 0.3) is 0 Å². The number of thiophene rings is 1. The van der Waals surface area contributed by atoms with Crippen LogP contribution in [-0.2, 0) is 6.42 Å². The maximum atomic E-state index is 5.80. The summed E-state index contributed by atoms with van der Waals surface area (Å²) < 4.78 is 0. The SMILES string of the molecule is NCC(CNC1CCC1)Cc1cccs1. The van der Waals surface area contributed by atoms with Crippen molar-refractivity contribution in [2.75, 3.05) is 13.1 Å². The van der Waals surface area contributed by atoms with Crippen molar-refractivity contribution in [1.29, 1.82) is 0 Å². The molecule has 1 saturated carbocycles. The van der Waals surface area contributed by atoms with Crippen molar-refractivity contribution in [3.05, 3.63) is 22.4 Å².